The molecule has 0 radical (unpaired) electrons. The van der Waals surface area contributed by atoms with Crippen LogP contribution in [0.5, 0.6) is 5.75 Å². The fourth-order valence-corrected chi connectivity index (χ4v) is 6.23. The summed E-state index contributed by atoms with van der Waals surface area (Å²) >= 11 is 0. The molecule has 0 heterocycles. The van der Waals surface area contributed by atoms with Gasteiger partial charge >= 0.3 is 0 Å². The summed E-state index contributed by atoms with van der Waals surface area (Å²) in [5.41, 5.74) is 1.73. The molecule has 4 aromatic carbocycles. The van der Waals surface area contributed by atoms with Gasteiger partial charge in [-0.05, 0) is 85.0 Å². The van der Waals surface area contributed by atoms with E-state index in [4.69, 9.17) is 4.74 Å². The van der Waals surface area contributed by atoms with Crippen molar-refractivity contribution in [3.05, 3.63) is 125 Å². The summed E-state index contributed by atoms with van der Waals surface area (Å²) in [6.07, 6.45) is -0.384. The van der Waals surface area contributed by atoms with Crippen molar-refractivity contribution in [3.63, 3.8) is 0 Å². The molecule has 0 unspecified atom stereocenters. The Hall–Kier alpha value is -4.45. The number of carbonyl (C=O) groups is 2. The van der Waals surface area contributed by atoms with E-state index in [1.54, 1.807) is 43.5 Å². The Bertz CT molecular complexity index is 1780. The molecule has 0 amide bonds. The number of nitrogens with zero attached hydrogens (tertiary/aromatic N) is 1. The first-order chi connectivity index (χ1) is 21.8. The maximum atomic E-state index is 14.1. The SMILES string of the molecule is COc1cccc(CNC[C@@H](O)[C@@H](CC(=O)c2cc(C(C)=O)cc(N(c3ccccc3)S(C)(=O)=O)c2)Cc2cc(F)cc(F)c2)c1. The number of ketones is 2. The van der Waals surface area contributed by atoms with Gasteiger partial charge < -0.3 is 15.2 Å². The summed E-state index contributed by atoms with van der Waals surface area (Å²) in [6.45, 7) is 1.75. The fraction of sp³-hybridized carbons (Fsp3) is 0.257. The van der Waals surface area contributed by atoms with Gasteiger partial charge in [-0.1, -0.05) is 30.3 Å². The van der Waals surface area contributed by atoms with Crippen molar-refractivity contribution in [1.29, 1.82) is 0 Å². The number of hydrogen-bond acceptors (Lipinski definition) is 7. The van der Waals surface area contributed by atoms with Crippen LogP contribution in [0.1, 0.15) is 45.2 Å². The van der Waals surface area contributed by atoms with Crippen LogP contribution in [0.15, 0.2) is 91.0 Å². The van der Waals surface area contributed by atoms with E-state index < -0.39 is 39.5 Å². The molecule has 4 rings (SSSR count). The zero-order valence-corrected chi connectivity index (χ0v) is 26.6. The summed E-state index contributed by atoms with van der Waals surface area (Å²) in [6, 6.07) is 22.8. The van der Waals surface area contributed by atoms with Gasteiger partial charge in [0.05, 0.1) is 30.8 Å². The van der Waals surface area contributed by atoms with Crippen molar-refractivity contribution in [2.75, 3.05) is 24.2 Å². The van der Waals surface area contributed by atoms with Crippen LogP contribution in [0, 0.1) is 17.6 Å². The van der Waals surface area contributed by atoms with Crippen LogP contribution >= 0.6 is 0 Å². The van der Waals surface area contributed by atoms with Crippen LogP contribution < -0.4 is 14.4 Å². The fourth-order valence-electron chi connectivity index (χ4n) is 5.23. The molecular weight excluding hydrogens is 614 g/mol. The Balaban J connectivity index is 1.64. The predicted octanol–water partition coefficient (Wildman–Crippen LogP) is 5.86. The van der Waals surface area contributed by atoms with Gasteiger partial charge in [0.25, 0.3) is 0 Å². The number of methoxy groups -OCH3 is 1. The standard InChI is InChI=1S/C35H36F2N2O6S/c1-23(40)26-16-28(18-32(17-26)39(46(3,43)44)31-9-5-4-6-10-31)34(41)19-27(12-25-13-29(36)20-30(37)14-25)35(42)22-38-21-24-8-7-11-33(15-24)45-2/h4-11,13-18,20,27,35,38,42H,12,19,21-22H2,1-3H3/t27-,35-/m1/s1. The maximum absolute atomic E-state index is 14.1. The number of halogens is 2. The van der Waals surface area contributed by atoms with Gasteiger partial charge in [-0.15, -0.1) is 0 Å². The van der Waals surface area contributed by atoms with E-state index in [1.807, 2.05) is 18.2 Å². The molecule has 0 saturated carbocycles. The second-order valence-corrected chi connectivity index (χ2v) is 12.9. The number of Topliss-reactive ketones (excluding diaryl/α,β-unsaturated/α-hetero) is 2. The molecule has 0 fully saturated rings. The van der Waals surface area contributed by atoms with E-state index in [1.165, 1.54) is 25.1 Å². The summed E-state index contributed by atoms with van der Waals surface area (Å²) in [5.74, 6) is -2.57. The molecule has 0 aromatic heterocycles. The molecule has 0 saturated heterocycles. The molecule has 2 N–H and O–H groups in total. The molecule has 0 aliphatic carbocycles. The zero-order chi connectivity index (χ0) is 33.4. The van der Waals surface area contributed by atoms with Crippen molar-refractivity contribution >= 4 is 33.0 Å². The average molecular weight is 651 g/mol. The molecule has 11 heteroatoms. The Labute approximate surface area is 267 Å². The lowest BCUT2D eigenvalue weighted by atomic mass is 9.87. The van der Waals surface area contributed by atoms with Crippen molar-refractivity contribution in [2.24, 2.45) is 5.92 Å². The third-order valence-corrected chi connectivity index (χ3v) is 8.52. The van der Waals surface area contributed by atoms with Crippen molar-refractivity contribution < 1.29 is 36.6 Å². The topological polar surface area (TPSA) is 113 Å². The lowest BCUT2D eigenvalue weighted by Crippen LogP contribution is -2.35. The number of para-hydroxylation sites is 1. The smallest absolute Gasteiger partial charge is 0.236 e. The van der Waals surface area contributed by atoms with E-state index in [0.717, 1.165) is 34.3 Å². The zero-order valence-electron chi connectivity index (χ0n) is 25.7. The summed E-state index contributed by atoms with van der Waals surface area (Å²) in [5, 5.41) is 14.4. The third kappa shape index (κ3) is 9.29. The van der Waals surface area contributed by atoms with Crippen LogP contribution in [0.4, 0.5) is 20.2 Å². The first-order valence-corrected chi connectivity index (χ1v) is 16.4. The lowest BCUT2D eigenvalue weighted by Gasteiger charge is -2.25. The quantitative estimate of drug-likeness (QED) is 0.155. The molecule has 2 atom stereocenters. The van der Waals surface area contributed by atoms with Crippen LogP contribution in [0.2, 0.25) is 0 Å². The molecule has 0 spiro atoms. The summed E-state index contributed by atoms with van der Waals surface area (Å²) in [7, 11) is -2.34. The third-order valence-electron chi connectivity index (χ3n) is 7.43. The number of anilines is 2. The minimum absolute atomic E-state index is 0.0266. The molecule has 242 valence electrons. The van der Waals surface area contributed by atoms with E-state index in [-0.39, 0.29) is 47.5 Å². The predicted molar refractivity (Wildman–Crippen MR) is 173 cm³/mol. The van der Waals surface area contributed by atoms with Crippen LogP contribution in [-0.4, -0.2) is 51.1 Å². The number of hydrogen-bond donors (Lipinski definition) is 2. The number of nitrogens with one attached hydrogen (secondary N) is 1. The highest BCUT2D eigenvalue weighted by atomic mass is 32.2. The average Bonchev–Trinajstić information content (AvgIpc) is 3.00. The minimum Gasteiger partial charge on any atom is -0.497 e. The number of benzene rings is 4. The first-order valence-electron chi connectivity index (χ1n) is 14.6. The summed E-state index contributed by atoms with van der Waals surface area (Å²) < 4.78 is 60.2. The van der Waals surface area contributed by atoms with E-state index >= 15 is 0 Å². The van der Waals surface area contributed by atoms with Crippen LogP contribution in [-0.2, 0) is 23.0 Å². The number of carbonyl (C=O) groups excluding carboxylic acids is 2. The first kappa shape index (κ1) is 34.4. The number of sulfonamides is 1. The highest BCUT2D eigenvalue weighted by molar-refractivity contribution is 7.92. The Morgan fingerprint density at radius 1 is 0.870 bits per heavy atom. The number of aliphatic hydroxyl groups excluding tert-OH is 1. The Kier molecular flexibility index (Phi) is 11.4. The molecule has 0 aliphatic heterocycles. The highest BCUT2D eigenvalue weighted by Gasteiger charge is 2.27. The molecule has 0 aliphatic rings. The van der Waals surface area contributed by atoms with Crippen molar-refractivity contribution in [3.8, 4) is 5.75 Å². The van der Waals surface area contributed by atoms with Gasteiger partial charge in [0, 0.05) is 36.7 Å². The second kappa shape index (κ2) is 15.2. The van der Waals surface area contributed by atoms with E-state index in [9.17, 15) is 31.9 Å². The molecular formula is C35H36F2N2O6S. The van der Waals surface area contributed by atoms with Crippen LogP contribution in [0.3, 0.4) is 0 Å². The Morgan fingerprint density at radius 2 is 1.54 bits per heavy atom. The van der Waals surface area contributed by atoms with Crippen molar-refractivity contribution in [2.45, 2.75) is 32.4 Å². The lowest BCUT2D eigenvalue weighted by molar-refractivity contribution is 0.0786. The number of aliphatic hydroxyl groups is 1. The highest BCUT2D eigenvalue weighted by Crippen LogP contribution is 2.31. The largest absolute Gasteiger partial charge is 0.497 e. The van der Waals surface area contributed by atoms with Gasteiger partial charge in [-0.3, -0.25) is 9.59 Å². The van der Waals surface area contributed by atoms with Gasteiger partial charge in [0.2, 0.25) is 10.0 Å². The van der Waals surface area contributed by atoms with Crippen molar-refractivity contribution in [1.82, 2.24) is 5.32 Å². The van der Waals surface area contributed by atoms with Gasteiger partial charge in [-0.2, -0.15) is 0 Å². The summed E-state index contributed by atoms with van der Waals surface area (Å²) in [4.78, 5) is 26.3. The second-order valence-electron chi connectivity index (χ2n) is 11.1. The van der Waals surface area contributed by atoms with E-state index in [2.05, 4.69) is 5.32 Å². The molecule has 8 nitrogen and oxygen atoms in total. The molecule has 46 heavy (non-hydrogen) atoms. The van der Waals surface area contributed by atoms with Crippen LogP contribution in [0.25, 0.3) is 0 Å². The molecule has 4 aromatic rings. The minimum atomic E-state index is -3.90. The normalized spacial score (nSPS) is 12.7. The van der Waals surface area contributed by atoms with E-state index in [0.29, 0.717) is 18.0 Å². The number of rotatable bonds is 15. The Morgan fingerprint density at radius 3 is 2.17 bits per heavy atom. The maximum Gasteiger partial charge on any atom is 0.236 e. The molecule has 0 bridgehead atoms. The van der Waals surface area contributed by atoms with Gasteiger partial charge in [-0.25, -0.2) is 21.5 Å². The van der Waals surface area contributed by atoms with Gasteiger partial charge in [0.1, 0.15) is 17.4 Å². The monoisotopic (exact) mass is 650 g/mol. The number of ether oxygens (including phenoxy) is 1. The van der Waals surface area contributed by atoms with Gasteiger partial charge in [0.15, 0.2) is 11.6 Å².